The number of nitrogens with one attached hydrogen (secondary N) is 4. The molecule has 0 aromatic heterocycles. The number of carbonyl (C=O) groups is 6. The monoisotopic (exact) mass is 648 g/mol. The summed E-state index contributed by atoms with van der Waals surface area (Å²) >= 11 is 0. The van der Waals surface area contributed by atoms with Gasteiger partial charge in [0.2, 0.25) is 23.6 Å². The van der Waals surface area contributed by atoms with Crippen LogP contribution in [-0.4, -0.2) is 57.9 Å². The van der Waals surface area contributed by atoms with Gasteiger partial charge in [-0.25, -0.2) is 20.2 Å². The summed E-state index contributed by atoms with van der Waals surface area (Å²) in [6, 6.07) is 11.1. The molecule has 15 heteroatoms. The maximum Gasteiger partial charge on any atom is 0.326 e. The van der Waals surface area contributed by atoms with E-state index in [9.17, 15) is 34.0 Å². The number of hydrogen-bond acceptors (Lipinski definition) is 8. The van der Waals surface area contributed by atoms with Crippen molar-refractivity contribution in [2.24, 2.45) is 11.5 Å². The van der Waals surface area contributed by atoms with E-state index in [0.717, 1.165) is 23.3 Å². The average molecular weight is 649 g/mol. The van der Waals surface area contributed by atoms with Crippen LogP contribution in [0.2, 0.25) is 0 Å². The number of carboxylic acid groups (broad SMARTS) is 2. The van der Waals surface area contributed by atoms with Gasteiger partial charge in [-0.1, -0.05) is 48.6 Å². The lowest BCUT2D eigenvalue weighted by Crippen LogP contribution is -3.05. The molecule has 10 N–H and O–H groups in total. The Kier molecular flexibility index (Phi) is 15.3. The molecule has 2 aromatic rings. The van der Waals surface area contributed by atoms with Crippen molar-refractivity contribution in [2.75, 3.05) is 5.43 Å². The third-order valence-electron chi connectivity index (χ3n) is 6.22. The van der Waals surface area contributed by atoms with Crippen molar-refractivity contribution in [2.45, 2.75) is 37.8 Å². The van der Waals surface area contributed by atoms with Crippen molar-refractivity contribution in [3.05, 3.63) is 101 Å². The fourth-order valence-electron chi connectivity index (χ4n) is 3.77. The second-order valence-electron chi connectivity index (χ2n) is 9.94. The zero-order chi connectivity index (χ0) is 34.8. The van der Waals surface area contributed by atoms with Crippen LogP contribution in [0.1, 0.15) is 36.8 Å². The first-order valence-electron chi connectivity index (χ1n) is 14.2. The van der Waals surface area contributed by atoms with Crippen LogP contribution < -0.4 is 32.7 Å². The van der Waals surface area contributed by atoms with Gasteiger partial charge in [0.15, 0.2) is 5.69 Å². The number of allylic oxidation sites excluding steroid dienone is 4. The number of rotatable bonds is 19. The summed E-state index contributed by atoms with van der Waals surface area (Å²) in [4.78, 5) is 68.1. The fourth-order valence-corrected chi connectivity index (χ4v) is 3.77. The Morgan fingerprint density at radius 1 is 0.681 bits per heavy atom. The molecule has 4 amide bonds. The van der Waals surface area contributed by atoms with Gasteiger partial charge in [0.1, 0.15) is 12.1 Å². The van der Waals surface area contributed by atoms with Gasteiger partial charge in [-0.3, -0.25) is 19.2 Å². The first-order valence-corrected chi connectivity index (χ1v) is 14.2. The van der Waals surface area contributed by atoms with Crippen LogP contribution in [-0.2, 0) is 28.8 Å². The molecule has 0 saturated heterocycles. The molecular formula is C32H36N6O9. The van der Waals surface area contributed by atoms with Gasteiger partial charge < -0.3 is 37.5 Å². The minimum absolute atomic E-state index is 0.115. The van der Waals surface area contributed by atoms with Gasteiger partial charge in [0.05, 0.1) is 5.69 Å². The Morgan fingerprint density at radius 3 is 1.47 bits per heavy atom. The van der Waals surface area contributed by atoms with Crippen LogP contribution in [0.25, 0.3) is 12.2 Å². The molecule has 3 unspecified atom stereocenters. The van der Waals surface area contributed by atoms with Crippen molar-refractivity contribution in [3.63, 3.8) is 0 Å². The molecule has 2 rings (SSSR count). The molecule has 0 aliphatic carbocycles. The maximum absolute atomic E-state index is 12.7. The number of quaternary nitrogens is 1. The number of benzene rings is 2. The summed E-state index contributed by atoms with van der Waals surface area (Å²) in [7, 11) is 0. The van der Waals surface area contributed by atoms with Crippen molar-refractivity contribution in [3.8, 4) is 0 Å². The Morgan fingerprint density at radius 2 is 1.09 bits per heavy atom. The van der Waals surface area contributed by atoms with Crippen LogP contribution in [0, 0.1) is 5.21 Å². The zero-order valence-electron chi connectivity index (χ0n) is 25.1. The van der Waals surface area contributed by atoms with Crippen LogP contribution in [0.3, 0.4) is 0 Å². The van der Waals surface area contributed by atoms with E-state index in [-0.39, 0.29) is 30.9 Å². The highest BCUT2D eigenvalue weighted by Crippen LogP contribution is 2.11. The van der Waals surface area contributed by atoms with E-state index in [4.69, 9.17) is 21.7 Å². The third-order valence-corrected chi connectivity index (χ3v) is 6.22. The normalized spacial score (nSPS) is 13.4. The first kappa shape index (κ1) is 37.1. The smallest absolute Gasteiger partial charge is 0.326 e. The van der Waals surface area contributed by atoms with Crippen molar-refractivity contribution < 1.29 is 44.2 Å². The highest BCUT2D eigenvalue weighted by Gasteiger charge is 2.20. The Labute approximate surface area is 269 Å². The Hall–Kier alpha value is -6.06. The number of hydrogen-bond donors (Lipinski definition) is 8. The number of carboxylic acids is 2. The van der Waals surface area contributed by atoms with E-state index in [0.29, 0.717) is 11.4 Å². The highest BCUT2D eigenvalue weighted by atomic mass is 16.5. The molecule has 0 saturated carbocycles. The summed E-state index contributed by atoms with van der Waals surface area (Å²) < 4.78 is 0. The molecule has 0 aliphatic rings. The molecule has 0 spiro atoms. The molecule has 15 nitrogen and oxygen atoms in total. The van der Waals surface area contributed by atoms with Crippen LogP contribution >= 0.6 is 0 Å². The summed E-state index contributed by atoms with van der Waals surface area (Å²) in [5, 5.41) is 35.2. The summed E-state index contributed by atoms with van der Waals surface area (Å²) in [6.07, 6.45) is 11.1. The SMILES string of the molecule is NC(=O)CCC(NC(=O)C=CC=Cc1ccc(N[NH+]([O-])c2ccc(C=CC=CC(=O)NC(CCC(N)=O)C(=O)O)cc2)cc1)C(=O)O. The van der Waals surface area contributed by atoms with E-state index in [1.165, 1.54) is 12.2 Å². The van der Waals surface area contributed by atoms with Crippen LogP contribution in [0.15, 0.2) is 85.0 Å². The molecule has 0 radical (unpaired) electrons. The van der Waals surface area contributed by atoms with Gasteiger partial charge in [-0.2, -0.15) is 0 Å². The lowest BCUT2D eigenvalue weighted by Gasteiger charge is -2.22. The van der Waals surface area contributed by atoms with Crippen molar-refractivity contribution in [1.82, 2.24) is 10.6 Å². The van der Waals surface area contributed by atoms with Gasteiger partial charge in [0, 0.05) is 37.1 Å². The molecule has 47 heavy (non-hydrogen) atoms. The predicted molar refractivity (Wildman–Crippen MR) is 173 cm³/mol. The van der Waals surface area contributed by atoms with E-state index in [1.54, 1.807) is 72.8 Å². The second-order valence-corrected chi connectivity index (χ2v) is 9.94. The topological polar surface area (TPSA) is 259 Å². The minimum Gasteiger partial charge on any atom is -0.603 e. The Bertz CT molecular complexity index is 1530. The van der Waals surface area contributed by atoms with Gasteiger partial charge in [-0.05, 0) is 48.2 Å². The standard InChI is InChI=1S/C32H36N6O9/c33-27(39)19-17-25(31(43)44)35-29(41)7-3-1-5-21-9-13-23(14-10-21)37-38(47)24-15-11-22(12-16-24)6-2-4-8-30(42)36-26(32(45)46)18-20-28(34)40/h1-16,25-26,37-38H,17-20H2,(H2,33,39)(H2,34,40)(H,35,41)(H,36,42)(H,43,44)(H,45,46). The van der Waals surface area contributed by atoms with Crippen molar-refractivity contribution in [1.29, 1.82) is 0 Å². The quantitative estimate of drug-likeness (QED) is 0.0595. The first-order chi connectivity index (χ1) is 22.3. The number of aliphatic carboxylic acids is 2. The number of carbonyl (C=O) groups excluding carboxylic acids is 4. The maximum atomic E-state index is 12.7. The molecule has 0 fully saturated rings. The second kappa shape index (κ2) is 19.4. The molecule has 0 aliphatic heterocycles. The summed E-state index contributed by atoms with van der Waals surface area (Å²) in [5.74, 6) is -5.16. The van der Waals surface area contributed by atoms with Crippen LogP contribution in [0.4, 0.5) is 11.4 Å². The summed E-state index contributed by atoms with van der Waals surface area (Å²) in [6.45, 7) is 0. The van der Waals surface area contributed by atoms with Gasteiger partial charge in [0.25, 0.3) is 0 Å². The van der Waals surface area contributed by atoms with Crippen molar-refractivity contribution >= 4 is 59.1 Å². The number of nitrogens with two attached hydrogens (primary N) is 2. The highest BCUT2D eigenvalue weighted by molar-refractivity contribution is 5.92. The molecular weight excluding hydrogens is 612 g/mol. The fraction of sp³-hybridized carbons (Fsp3) is 0.188. The van der Waals surface area contributed by atoms with E-state index >= 15 is 0 Å². The molecule has 0 bridgehead atoms. The number of primary amides is 2. The van der Waals surface area contributed by atoms with E-state index < -0.39 is 47.7 Å². The number of amides is 4. The van der Waals surface area contributed by atoms with Crippen LogP contribution in [0.5, 0.6) is 0 Å². The average Bonchev–Trinajstić information content (AvgIpc) is 3.02. The lowest BCUT2D eigenvalue weighted by molar-refractivity contribution is -0.749. The van der Waals surface area contributed by atoms with E-state index in [1.807, 2.05) is 0 Å². The van der Waals surface area contributed by atoms with Gasteiger partial charge >= 0.3 is 11.9 Å². The largest absolute Gasteiger partial charge is 0.603 e. The number of anilines is 1. The molecule has 0 heterocycles. The third kappa shape index (κ3) is 15.0. The molecule has 248 valence electrons. The molecule has 3 atom stereocenters. The molecule has 2 aromatic carbocycles. The lowest BCUT2D eigenvalue weighted by atomic mass is 10.1. The summed E-state index contributed by atoms with van der Waals surface area (Å²) in [5.41, 5.74) is 15.3. The Balaban J connectivity index is 1.84. The van der Waals surface area contributed by atoms with Gasteiger partial charge in [-0.15, -0.1) is 0 Å². The predicted octanol–water partition coefficient (Wildman–Crippen LogP) is 0.537. The minimum atomic E-state index is -1.28. The van der Waals surface area contributed by atoms with E-state index in [2.05, 4.69) is 16.1 Å². The zero-order valence-corrected chi connectivity index (χ0v) is 25.1.